The summed E-state index contributed by atoms with van der Waals surface area (Å²) in [7, 11) is 0. The molecule has 0 amide bonds. The molecule has 0 saturated heterocycles. The van der Waals surface area contributed by atoms with E-state index in [1.54, 1.807) is 0 Å². The summed E-state index contributed by atoms with van der Waals surface area (Å²) in [6.45, 7) is 0.226. The summed E-state index contributed by atoms with van der Waals surface area (Å²) < 4.78 is 25.3. The average molecular weight is 422 g/mol. The van der Waals surface area contributed by atoms with E-state index in [4.69, 9.17) is 14.6 Å². The van der Waals surface area contributed by atoms with Gasteiger partial charge in [0.25, 0.3) is 0 Å². The van der Waals surface area contributed by atoms with E-state index >= 15 is 0 Å². The van der Waals surface area contributed by atoms with Gasteiger partial charge in [0, 0.05) is 0 Å². The first-order chi connectivity index (χ1) is 15.0. The highest BCUT2D eigenvalue weighted by molar-refractivity contribution is 5.88. The van der Waals surface area contributed by atoms with Gasteiger partial charge in [-0.15, -0.1) is 0 Å². The molecular formula is C25H23FO5. The Kier molecular flexibility index (Phi) is 6.16. The Morgan fingerprint density at radius 3 is 2.48 bits per heavy atom. The van der Waals surface area contributed by atoms with Crippen molar-refractivity contribution in [1.29, 1.82) is 0 Å². The number of ether oxygens (including phenoxy) is 2. The van der Waals surface area contributed by atoms with E-state index in [0.29, 0.717) is 25.7 Å². The van der Waals surface area contributed by atoms with Crippen molar-refractivity contribution in [2.45, 2.75) is 38.4 Å². The van der Waals surface area contributed by atoms with Crippen molar-refractivity contribution in [2.24, 2.45) is 5.92 Å². The van der Waals surface area contributed by atoms with Crippen molar-refractivity contribution < 1.29 is 28.6 Å². The van der Waals surface area contributed by atoms with E-state index in [9.17, 15) is 14.0 Å². The Labute approximate surface area is 179 Å². The van der Waals surface area contributed by atoms with Gasteiger partial charge < -0.3 is 14.6 Å². The van der Waals surface area contributed by atoms with Crippen LogP contribution in [0.2, 0.25) is 0 Å². The Bertz CT molecular complexity index is 1100. The SMILES string of the molecule is O=C(O)c1ccc(F)c(OC2CCC(C(=O)OCc3cccc4ccccc34)CC2)c1. The Hall–Kier alpha value is -3.41. The Morgan fingerprint density at radius 2 is 1.71 bits per heavy atom. The summed E-state index contributed by atoms with van der Waals surface area (Å²) in [6.07, 6.45) is 2.05. The highest BCUT2D eigenvalue weighted by Crippen LogP contribution is 2.30. The standard InChI is InChI=1S/C25H23FO5/c26-22-13-10-18(24(27)28)14-23(22)31-20-11-8-17(9-12-20)25(29)30-15-19-6-3-5-16-4-1-2-7-21(16)19/h1-7,10,13-14,17,20H,8-9,11-12,15H2,(H,27,28). The lowest BCUT2D eigenvalue weighted by atomic mass is 9.87. The minimum Gasteiger partial charge on any atom is -0.487 e. The summed E-state index contributed by atoms with van der Waals surface area (Å²) in [6, 6.07) is 17.4. The Morgan fingerprint density at radius 1 is 0.968 bits per heavy atom. The van der Waals surface area contributed by atoms with Gasteiger partial charge in [0.15, 0.2) is 11.6 Å². The molecule has 0 heterocycles. The van der Waals surface area contributed by atoms with Crippen LogP contribution in [0.5, 0.6) is 5.75 Å². The third-order valence-electron chi connectivity index (χ3n) is 5.73. The first-order valence-electron chi connectivity index (χ1n) is 10.3. The molecule has 0 spiro atoms. The second kappa shape index (κ2) is 9.16. The second-order valence-electron chi connectivity index (χ2n) is 7.79. The molecule has 3 aromatic rings. The quantitative estimate of drug-likeness (QED) is 0.542. The van der Waals surface area contributed by atoms with Gasteiger partial charge in [0.05, 0.1) is 17.6 Å². The van der Waals surface area contributed by atoms with Crippen LogP contribution in [0.25, 0.3) is 10.8 Å². The number of rotatable bonds is 6. The summed E-state index contributed by atoms with van der Waals surface area (Å²) in [5, 5.41) is 11.2. The van der Waals surface area contributed by atoms with Crippen LogP contribution in [0.4, 0.5) is 4.39 Å². The number of carboxylic acids is 1. The van der Waals surface area contributed by atoms with Gasteiger partial charge in [-0.3, -0.25) is 4.79 Å². The van der Waals surface area contributed by atoms with Gasteiger partial charge in [0.2, 0.25) is 0 Å². The number of esters is 1. The zero-order chi connectivity index (χ0) is 21.8. The van der Waals surface area contributed by atoms with Crippen LogP contribution in [0.3, 0.4) is 0 Å². The molecule has 1 aliphatic rings. The van der Waals surface area contributed by atoms with Crippen LogP contribution in [-0.4, -0.2) is 23.1 Å². The maximum atomic E-state index is 14.0. The zero-order valence-corrected chi connectivity index (χ0v) is 16.9. The maximum Gasteiger partial charge on any atom is 0.335 e. The maximum absolute atomic E-state index is 14.0. The summed E-state index contributed by atoms with van der Waals surface area (Å²) in [5.41, 5.74) is 0.944. The lowest BCUT2D eigenvalue weighted by Gasteiger charge is -2.28. The molecule has 0 aliphatic heterocycles. The van der Waals surface area contributed by atoms with Gasteiger partial charge in [-0.25, -0.2) is 9.18 Å². The normalized spacial score (nSPS) is 18.5. The number of benzene rings is 3. The minimum absolute atomic E-state index is 0.0258. The van der Waals surface area contributed by atoms with Gasteiger partial charge >= 0.3 is 11.9 Å². The lowest BCUT2D eigenvalue weighted by molar-refractivity contribution is -0.151. The summed E-state index contributed by atoms with van der Waals surface area (Å²) in [5.74, 6) is -2.25. The molecule has 1 saturated carbocycles. The van der Waals surface area contributed by atoms with E-state index in [1.807, 2.05) is 42.5 Å². The van der Waals surface area contributed by atoms with E-state index < -0.39 is 11.8 Å². The number of fused-ring (bicyclic) bond motifs is 1. The molecule has 6 heteroatoms. The molecule has 1 N–H and O–H groups in total. The third kappa shape index (κ3) is 4.85. The molecule has 1 aliphatic carbocycles. The number of aromatic carboxylic acids is 1. The molecule has 3 aromatic carbocycles. The molecule has 0 aromatic heterocycles. The minimum atomic E-state index is -1.14. The molecule has 0 radical (unpaired) electrons. The molecule has 160 valence electrons. The number of carbonyl (C=O) groups excluding carboxylic acids is 1. The summed E-state index contributed by atoms with van der Waals surface area (Å²) in [4.78, 5) is 23.6. The fraction of sp³-hybridized carbons (Fsp3) is 0.280. The van der Waals surface area contributed by atoms with Gasteiger partial charge in [-0.2, -0.15) is 0 Å². The highest BCUT2D eigenvalue weighted by atomic mass is 19.1. The van der Waals surface area contributed by atoms with Crippen molar-refractivity contribution in [2.75, 3.05) is 0 Å². The number of carboxylic acid groups (broad SMARTS) is 1. The van der Waals surface area contributed by atoms with Crippen molar-refractivity contribution in [3.63, 3.8) is 0 Å². The number of hydrogen-bond acceptors (Lipinski definition) is 4. The number of hydrogen-bond donors (Lipinski definition) is 1. The van der Waals surface area contributed by atoms with Crippen LogP contribution in [0.1, 0.15) is 41.6 Å². The van der Waals surface area contributed by atoms with Gasteiger partial charge in [-0.05, 0) is 60.2 Å². The lowest BCUT2D eigenvalue weighted by Crippen LogP contribution is -2.29. The smallest absolute Gasteiger partial charge is 0.335 e. The predicted octanol–water partition coefficient (Wildman–Crippen LogP) is 5.36. The van der Waals surface area contributed by atoms with E-state index in [1.165, 1.54) is 12.1 Å². The molecule has 0 atom stereocenters. The zero-order valence-electron chi connectivity index (χ0n) is 16.9. The van der Waals surface area contributed by atoms with Crippen molar-refractivity contribution in [3.8, 4) is 5.75 Å². The van der Waals surface area contributed by atoms with Crippen LogP contribution in [0.15, 0.2) is 60.7 Å². The van der Waals surface area contributed by atoms with E-state index in [-0.39, 0.29) is 35.9 Å². The van der Waals surface area contributed by atoms with Crippen LogP contribution >= 0.6 is 0 Å². The van der Waals surface area contributed by atoms with Gasteiger partial charge in [0.1, 0.15) is 6.61 Å². The van der Waals surface area contributed by atoms with Crippen LogP contribution in [-0.2, 0) is 16.1 Å². The van der Waals surface area contributed by atoms with Crippen LogP contribution < -0.4 is 4.74 Å². The molecule has 4 rings (SSSR count). The Balaban J connectivity index is 1.31. The first-order valence-corrected chi connectivity index (χ1v) is 10.3. The molecule has 0 unspecified atom stereocenters. The van der Waals surface area contributed by atoms with Crippen LogP contribution in [0, 0.1) is 11.7 Å². The second-order valence-corrected chi connectivity index (χ2v) is 7.79. The van der Waals surface area contributed by atoms with Crippen molar-refractivity contribution >= 4 is 22.7 Å². The average Bonchev–Trinajstić information content (AvgIpc) is 2.79. The number of halogens is 1. The molecule has 31 heavy (non-hydrogen) atoms. The monoisotopic (exact) mass is 422 g/mol. The van der Waals surface area contributed by atoms with Gasteiger partial charge in [-0.1, -0.05) is 42.5 Å². The fourth-order valence-electron chi connectivity index (χ4n) is 4.01. The third-order valence-corrected chi connectivity index (χ3v) is 5.73. The predicted molar refractivity (Wildman–Crippen MR) is 113 cm³/mol. The van der Waals surface area contributed by atoms with Crippen molar-refractivity contribution in [3.05, 3.63) is 77.6 Å². The van der Waals surface area contributed by atoms with E-state index in [0.717, 1.165) is 22.4 Å². The largest absolute Gasteiger partial charge is 0.487 e. The molecule has 5 nitrogen and oxygen atoms in total. The fourth-order valence-corrected chi connectivity index (χ4v) is 4.01. The molecule has 0 bridgehead atoms. The topological polar surface area (TPSA) is 72.8 Å². The highest BCUT2D eigenvalue weighted by Gasteiger charge is 2.29. The summed E-state index contributed by atoms with van der Waals surface area (Å²) >= 11 is 0. The molecular weight excluding hydrogens is 399 g/mol. The molecule has 1 fully saturated rings. The van der Waals surface area contributed by atoms with E-state index in [2.05, 4.69) is 0 Å². The number of carbonyl (C=O) groups is 2. The first kappa shape index (κ1) is 20.8. The van der Waals surface area contributed by atoms with Crippen molar-refractivity contribution in [1.82, 2.24) is 0 Å².